The molecule has 1 aromatic carbocycles. The molecule has 6 heteroatoms. The number of anilines is 1. The molecule has 0 atom stereocenters. The Bertz CT molecular complexity index is 524. The Morgan fingerprint density at radius 3 is 2.75 bits per heavy atom. The van der Waals surface area contributed by atoms with E-state index in [4.69, 9.17) is 4.42 Å². The van der Waals surface area contributed by atoms with E-state index in [1.807, 2.05) is 0 Å². The summed E-state index contributed by atoms with van der Waals surface area (Å²) in [4.78, 5) is 11.5. The van der Waals surface area contributed by atoms with Crippen LogP contribution in [0.25, 0.3) is 0 Å². The molecule has 82 valence electrons. The number of carbonyl (C=O) groups excluding carboxylic acids is 1. The third kappa shape index (κ3) is 2.05. The third-order valence-corrected chi connectivity index (χ3v) is 1.84. The molecule has 0 fully saturated rings. The maximum Gasteiger partial charge on any atom is 0.313 e. The second-order valence-electron chi connectivity index (χ2n) is 3.06. The summed E-state index contributed by atoms with van der Waals surface area (Å²) in [5.41, 5.74) is 0.0725. The van der Waals surface area contributed by atoms with Gasteiger partial charge in [-0.15, -0.1) is 10.2 Å². The van der Waals surface area contributed by atoms with Crippen molar-refractivity contribution in [1.82, 2.24) is 10.2 Å². The van der Waals surface area contributed by atoms with E-state index in [9.17, 15) is 9.18 Å². The molecule has 1 amide bonds. The number of hydrogen-bond donors (Lipinski definition) is 1. The fraction of sp³-hybridized carbons (Fsp3) is 0.100. The second-order valence-corrected chi connectivity index (χ2v) is 3.06. The molecule has 0 aliphatic carbocycles. The normalized spacial score (nSPS) is 10.1. The van der Waals surface area contributed by atoms with Crippen molar-refractivity contribution in [2.45, 2.75) is 6.92 Å². The van der Waals surface area contributed by atoms with Crippen molar-refractivity contribution in [2.24, 2.45) is 0 Å². The number of benzene rings is 1. The Hall–Kier alpha value is -2.24. The van der Waals surface area contributed by atoms with Crippen LogP contribution in [0.3, 0.4) is 0 Å². The highest BCUT2D eigenvalue weighted by atomic mass is 19.1. The first kappa shape index (κ1) is 10.3. The first-order valence-corrected chi connectivity index (χ1v) is 4.53. The van der Waals surface area contributed by atoms with E-state index in [1.165, 1.54) is 18.2 Å². The quantitative estimate of drug-likeness (QED) is 0.839. The van der Waals surface area contributed by atoms with Crippen LogP contribution in [0.2, 0.25) is 0 Å². The van der Waals surface area contributed by atoms with Gasteiger partial charge in [-0.25, -0.2) is 4.39 Å². The van der Waals surface area contributed by atoms with Gasteiger partial charge in [-0.2, -0.15) is 0 Å². The Labute approximate surface area is 90.3 Å². The fourth-order valence-corrected chi connectivity index (χ4v) is 1.13. The van der Waals surface area contributed by atoms with Gasteiger partial charge in [-0.1, -0.05) is 12.1 Å². The summed E-state index contributed by atoms with van der Waals surface area (Å²) in [6.07, 6.45) is 0. The zero-order valence-corrected chi connectivity index (χ0v) is 8.40. The number of para-hydroxylation sites is 1. The summed E-state index contributed by atoms with van der Waals surface area (Å²) in [5, 5.41) is 9.35. The molecule has 0 saturated heterocycles. The number of rotatable bonds is 2. The lowest BCUT2D eigenvalue weighted by molar-refractivity contribution is 0.0988. The monoisotopic (exact) mass is 221 g/mol. The highest BCUT2D eigenvalue weighted by Crippen LogP contribution is 2.13. The maximum atomic E-state index is 13.2. The Morgan fingerprint density at radius 1 is 1.38 bits per heavy atom. The largest absolute Gasteiger partial charge is 0.417 e. The van der Waals surface area contributed by atoms with Crippen molar-refractivity contribution in [1.29, 1.82) is 0 Å². The van der Waals surface area contributed by atoms with Crippen LogP contribution in [-0.4, -0.2) is 16.1 Å². The molecule has 0 radical (unpaired) electrons. The SMILES string of the molecule is Cc1nnc(C(=O)Nc2ccccc2F)o1. The summed E-state index contributed by atoms with van der Waals surface area (Å²) in [5.74, 6) is -1.07. The van der Waals surface area contributed by atoms with Crippen molar-refractivity contribution < 1.29 is 13.6 Å². The first-order chi connectivity index (χ1) is 7.66. The van der Waals surface area contributed by atoms with Crippen LogP contribution in [0.15, 0.2) is 28.7 Å². The molecule has 0 saturated carbocycles. The van der Waals surface area contributed by atoms with E-state index >= 15 is 0 Å². The number of carbonyl (C=O) groups is 1. The molecule has 1 heterocycles. The predicted octanol–water partition coefficient (Wildman–Crippen LogP) is 1.77. The summed E-state index contributed by atoms with van der Waals surface area (Å²) in [7, 11) is 0. The molecule has 1 aromatic heterocycles. The van der Waals surface area contributed by atoms with Gasteiger partial charge < -0.3 is 9.73 Å². The third-order valence-electron chi connectivity index (χ3n) is 1.84. The number of amides is 1. The maximum absolute atomic E-state index is 13.2. The van der Waals surface area contributed by atoms with Gasteiger partial charge in [-0.3, -0.25) is 4.79 Å². The van der Waals surface area contributed by atoms with Crippen LogP contribution in [-0.2, 0) is 0 Å². The molecule has 1 N–H and O–H groups in total. The van der Waals surface area contributed by atoms with Gasteiger partial charge in [-0.05, 0) is 12.1 Å². The lowest BCUT2D eigenvalue weighted by atomic mass is 10.3. The molecular weight excluding hydrogens is 213 g/mol. The molecule has 0 bridgehead atoms. The number of nitrogens with one attached hydrogen (secondary N) is 1. The average Bonchev–Trinajstić information content (AvgIpc) is 2.68. The molecular formula is C10H8FN3O2. The molecule has 0 aliphatic heterocycles. The minimum absolute atomic E-state index is 0.0725. The Morgan fingerprint density at radius 2 is 2.12 bits per heavy atom. The summed E-state index contributed by atoms with van der Waals surface area (Å²) < 4.78 is 18.1. The van der Waals surface area contributed by atoms with E-state index < -0.39 is 11.7 Å². The van der Waals surface area contributed by atoms with Crippen LogP contribution in [0.1, 0.15) is 16.6 Å². The Balaban J connectivity index is 2.17. The molecule has 2 aromatic rings. The van der Waals surface area contributed by atoms with Gasteiger partial charge in [0.1, 0.15) is 5.82 Å². The smallest absolute Gasteiger partial charge is 0.313 e. The van der Waals surface area contributed by atoms with Gasteiger partial charge in [0, 0.05) is 6.92 Å². The van der Waals surface area contributed by atoms with Gasteiger partial charge >= 0.3 is 11.8 Å². The van der Waals surface area contributed by atoms with E-state index in [0.717, 1.165) is 0 Å². The van der Waals surface area contributed by atoms with Gasteiger partial charge in [0.2, 0.25) is 5.89 Å². The average molecular weight is 221 g/mol. The van der Waals surface area contributed by atoms with Crippen LogP contribution in [0.5, 0.6) is 0 Å². The standard InChI is InChI=1S/C10H8FN3O2/c1-6-13-14-10(16-6)9(15)12-8-5-3-2-4-7(8)11/h2-5H,1H3,(H,12,15). The molecule has 16 heavy (non-hydrogen) atoms. The van der Waals surface area contributed by atoms with Crippen molar-refractivity contribution in [3.63, 3.8) is 0 Å². The number of halogens is 1. The van der Waals surface area contributed by atoms with E-state index in [1.54, 1.807) is 13.0 Å². The topological polar surface area (TPSA) is 68.0 Å². The van der Waals surface area contributed by atoms with E-state index in [-0.39, 0.29) is 17.5 Å². The summed E-state index contributed by atoms with van der Waals surface area (Å²) in [6.45, 7) is 1.56. The van der Waals surface area contributed by atoms with Crippen LogP contribution in [0.4, 0.5) is 10.1 Å². The number of nitrogens with zero attached hydrogens (tertiary/aromatic N) is 2. The highest BCUT2D eigenvalue weighted by molar-refractivity contribution is 6.00. The van der Waals surface area contributed by atoms with Crippen molar-refractivity contribution in [3.05, 3.63) is 41.9 Å². The second kappa shape index (κ2) is 4.09. The molecule has 0 aliphatic rings. The minimum atomic E-state index is -0.634. The van der Waals surface area contributed by atoms with Crippen LogP contribution >= 0.6 is 0 Å². The molecule has 0 unspecified atom stereocenters. The summed E-state index contributed by atoms with van der Waals surface area (Å²) in [6, 6.07) is 5.82. The van der Waals surface area contributed by atoms with E-state index in [2.05, 4.69) is 15.5 Å². The molecule has 5 nitrogen and oxygen atoms in total. The summed E-state index contributed by atoms with van der Waals surface area (Å²) >= 11 is 0. The van der Waals surface area contributed by atoms with Crippen molar-refractivity contribution >= 4 is 11.6 Å². The fourth-order valence-electron chi connectivity index (χ4n) is 1.13. The molecule has 2 rings (SSSR count). The van der Waals surface area contributed by atoms with Crippen LogP contribution in [0, 0.1) is 12.7 Å². The highest BCUT2D eigenvalue weighted by Gasteiger charge is 2.14. The van der Waals surface area contributed by atoms with Crippen molar-refractivity contribution in [2.75, 3.05) is 5.32 Å². The van der Waals surface area contributed by atoms with Gasteiger partial charge in [0.25, 0.3) is 0 Å². The predicted molar refractivity (Wildman–Crippen MR) is 53.4 cm³/mol. The number of hydrogen-bond acceptors (Lipinski definition) is 4. The zero-order valence-electron chi connectivity index (χ0n) is 8.40. The zero-order chi connectivity index (χ0) is 11.5. The number of aryl methyl sites for hydroxylation is 1. The lowest BCUT2D eigenvalue weighted by Crippen LogP contribution is -2.13. The van der Waals surface area contributed by atoms with E-state index in [0.29, 0.717) is 0 Å². The number of aromatic nitrogens is 2. The molecule has 0 spiro atoms. The Kier molecular flexibility index (Phi) is 2.63. The minimum Gasteiger partial charge on any atom is -0.417 e. The van der Waals surface area contributed by atoms with Crippen molar-refractivity contribution in [3.8, 4) is 0 Å². The van der Waals surface area contributed by atoms with Crippen LogP contribution < -0.4 is 5.32 Å². The first-order valence-electron chi connectivity index (χ1n) is 4.53. The lowest BCUT2D eigenvalue weighted by Gasteiger charge is -2.02. The van der Waals surface area contributed by atoms with Gasteiger partial charge in [0.15, 0.2) is 0 Å². The van der Waals surface area contributed by atoms with Gasteiger partial charge in [0.05, 0.1) is 5.69 Å².